The van der Waals surface area contributed by atoms with Gasteiger partial charge in [-0.3, -0.25) is 0 Å². The van der Waals surface area contributed by atoms with Crippen LogP contribution in [0.5, 0.6) is 28.7 Å². The minimum absolute atomic E-state index is 0.200. The molecule has 1 aliphatic carbocycles. The molecule has 5 N–H and O–H groups in total. The first kappa shape index (κ1) is 32.1. The van der Waals surface area contributed by atoms with Crippen LogP contribution in [-0.2, 0) is 25.7 Å². The molecule has 0 spiro atoms. The molecule has 0 saturated heterocycles. The Bertz CT molecular complexity index is 1900. The van der Waals surface area contributed by atoms with Crippen LogP contribution in [0.25, 0.3) is 0 Å². The van der Waals surface area contributed by atoms with E-state index in [9.17, 15) is 25.5 Å². The standard InChI is InChI=1S/C42H44O5/c1-26-16-28(19-35(40(26)45)24-32-12-6-8-14-38(32)43)18-30-22-34(42(47)37(23-30)31-10-4-3-5-11-31)20-29-17-27(2)41(46)36(21-29)25-33-13-7-9-15-39(33)44/h6-9,12-17,19,21-23,31,43-47H,3-5,10-11,18,20,24-25H2,1-2H3. The summed E-state index contributed by atoms with van der Waals surface area (Å²) < 4.78 is 0. The van der Waals surface area contributed by atoms with E-state index in [1.165, 1.54) is 6.42 Å². The molecule has 0 radical (unpaired) electrons. The van der Waals surface area contributed by atoms with Gasteiger partial charge in [0.25, 0.3) is 0 Å². The third-order valence-electron chi connectivity index (χ3n) is 9.75. The highest BCUT2D eigenvalue weighted by molar-refractivity contribution is 5.53. The number of para-hydroxylation sites is 2. The third kappa shape index (κ3) is 7.25. The first-order chi connectivity index (χ1) is 22.7. The highest BCUT2D eigenvalue weighted by Crippen LogP contribution is 2.41. The second kappa shape index (κ2) is 13.8. The summed E-state index contributed by atoms with van der Waals surface area (Å²) in [5.74, 6) is 1.54. The third-order valence-corrected chi connectivity index (χ3v) is 9.75. The van der Waals surface area contributed by atoms with Gasteiger partial charge in [-0.2, -0.15) is 0 Å². The van der Waals surface area contributed by atoms with E-state index in [-0.39, 0.29) is 23.0 Å². The van der Waals surface area contributed by atoms with Gasteiger partial charge in [-0.1, -0.05) is 92.1 Å². The van der Waals surface area contributed by atoms with E-state index in [0.717, 1.165) is 86.9 Å². The van der Waals surface area contributed by atoms with Gasteiger partial charge >= 0.3 is 0 Å². The number of hydrogen-bond acceptors (Lipinski definition) is 5. The van der Waals surface area contributed by atoms with E-state index >= 15 is 0 Å². The van der Waals surface area contributed by atoms with Gasteiger partial charge in [0, 0.05) is 19.3 Å². The Morgan fingerprint density at radius 3 is 1.43 bits per heavy atom. The maximum absolute atomic E-state index is 11.7. The predicted molar refractivity (Wildman–Crippen MR) is 187 cm³/mol. The lowest BCUT2D eigenvalue weighted by molar-refractivity contribution is 0.411. The van der Waals surface area contributed by atoms with Gasteiger partial charge in [0.15, 0.2) is 0 Å². The van der Waals surface area contributed by atoms with E-state index in [4.69, 9.17) is 0 Å². The monoisotopic (exact) mass is 628 g/mol. The topological polar surface area (TPSA) is 101 Å². The number of phenolic OH excluding ortho intramolecular Hbond substituents is 5. The number of benzene rings is 5. The molecule has 0 amide bonds. The first-order valence-corrected chi connectivity index (χ1v) is 16.7. The Morgan fingerprint density at radius 1 is 0.468 bits per heavy atom. The van der Waals surface area contributed by atoms with Crippen molar-refractivity contribution in [3.63, 3.8) is 0 Å². The quantitative estimate of drug-likeness (QED) is 0.112. The van der Waals surface area contributed by atoms with Gasteiger partial charge in [0.05, 0.1) is 0 Å². The maximum atomic E-state index is 11.7. The molecule has 0 aliphatic heterocycles. The minimum Gasteiger partial charge on any atom is -0.508 e. The van der Waals surface area contributed by atoms with Crippen LogP contribution in [-0.4, -0.2) is 25.5 Å². The molecule has 1 saturated carbocycles. The molecule has 1 fully saturated rings. The lowest BCUT2D eigenvalue weighted by atomic mass is 9.81. The van der Waals surface area contributed by atoms with E-state index in [0.29, 0.717) is 37.4 Å². The van der Waals surface area contributed by atoms with Crippen molar-refractivity contribution in [2.45, 2.75) is 77.6 Å². The molecule has 0 bridgehead atoms. The number of hydrogen-bond donors (Lipinski definition) is 5. The molecule has 5 aromatic rings. The Morgan fingerprint density at radius 2 is 0.915 bits per heavy atom. The van der Waals surface area contributed by atoms with Crippen molar-refractivity contribution in [1.82, 2.24) is 0 Å². The zero-order valence-corrected chi connectivity index (χ0v) is 27.3. The van der Waals surface area contributed by atoms with Crippen LogP contribution in [0.4, 0.5) is 0 Å². The minimum atomic E-state index is 0.200. The van der Waals surface area contributed by atoms with Crippen LogP contribution >= 0.6 is 0 Å². The van der Waals surface area contributed by atoms with Gasteiger partial charge in [0.2, 0.25) is 0 Å². The molecular weight excluding hydrogens is 584 g/mol. The first-order valence-electron chi connectivity index (χ1n) is 16.7. The zero-order chi connectivity index (χ0) is 33.1. The van der Waals surface area contributed by atoms with Crippen molar-refractivity contribution >= 4 is 0 Å². The Kier molecular flexibility index (Phi) is 9.44. The van der Waals surface area contributed by atoms with Crippen LogP contribution in [0, 0.1) is 13.8 Å². The summed E-state index contributed by atoms with van der Waals surface area (Å²) in [6, 6.07) is 26.7. The van der Waals surface area contributed by atoms with Crippen LogP contribution in [0.3, 0.4) is 0 Å². The fourth-order valence-corrected chi connectivity index (χ4v) is 7.28. The van der Waals surface area contributed by atoms with E-state index < -0.39 is 0 Å². The summed E-state index contributed by atoms with van der Waals surface area (Å²) in [6.45, 7) is 3.79. The average molecular weight is 629 g/mol. The average Bonchev–Trinajstić information content (AvgIpc) is 3.06. The zero-order valence-electron chi connectivity index (χ0n) is 27.3. The SMILES string of the molecule is Cc1cc(Cc2cc(Cc3cc(C)c(O)c(Cc4ccccc4O)c3)c(O)c(C3CCCCC3)c2)cc(Cc2ccccc2O)c1O. The summed E-state index contributed by atoms with van der Waals surface area (Å²) in [7, 11) is 0. The van der Waals surface area contributed by atoms with Gasteiger partial charge < -0.3 is 25.5 Å². The Hall–Kier alpha value is -4.90. The van der Waals surface area contributed by atoms with Crippen LogP contribution < -0.4 is 0 Å². The number of phenols is 5. The molecule has 242 valence electrons. The van der Waals surface area contributed by atoms with Gasteiger partial charge in [-0.25, -0.2) is 0 Å². The molecule has 5 aromatic carbocycles. The molecule has 5 heteroatoms. The van der Waals surface area contributed by atoms with Crippen molar-refractivity contribution in [3.05, 3.63) is 146 Å². The summed E-state index contributed by atoms with van der Waals surface area (Å²) in [5.41, 5.74) is 9.56. The van der Waals surface area contributed by atoms with Crippen LogP contribution in [0.1, 0.15) is 99.2 Å². The lowest BCUT2D eigenvalue weighted by Crippen LogP contribution is -2.07. The summed E-state index contributed by atoms with van der Waals surface area (Å²) in [5, 5.41) is 54.3. The number of rotatable bonds is 9. The number of aryl methyl sites for hydroxylation is 2. The van der Waals surface area contributed by atoms with Crippen molar-refractivity contribution in [1.29, 1.82) is 0 Å². The van der Waals surface area contributed by atoms with Gasteiger partial charge in [0.1, 0.15) is 28.7 Å². The molecule has 0 heterocycles. The molecule has 47 heavy (non-hydrogen) atoms. The second-order valence-electron chi connectivity index (χ2n) is 13.3. The lowest BCUT2D eigenvalue weighted by Gasteiger charge is -2.25. The van der Waals surface area contributed by atoms with Crippen LogP contribution in [0.2, 0.25) is 0 Å². The molecule has 0 unspecified atom stereocenters. The number of aromatic hydroxyl groups is 5. The van der Waals surface area contributed by atoms with Crippen molar-refractivity contribution < 1.29 is 25.5 Å². The van der Waals surface area contributed by atoms with Crippen molar-refractivity contribution in [3.8, 4) is 28.7 Å². The molecule has 0 aromatic heterocycles. The molecule has 6 rings (SSSR count). The molecule has 1 aliphatic rings. The summed E-state index contributed by atoms with van der Waals surface area (Å²) in [6.07, 6.45) is 7.61. The fourth-order valence-electron chi connectivity index (χ4n) is 7.28. The normalized spacial score (nSPS) is 13.6. The highest BCUT2D eigenvalue weighted by Gasteiger charge is 2.22. The van der Waals surface area contributed by atoms with E-state index in [1.807, 2.05) is 62.4 Å². The highest BCUT2D eigenvalue weighted by atomic mass is 16.3. The van der Waals surface area contributed by atoms with Gasteiger partial charge in [-0.15, -0.1) is 0 Å². The summed E-state index contributed by atoms with van der Waals surface area (Å²) >= 11 is 0. The second-order valence-corrected chi connectivity index (χ2v) is 13.3. The molecular formula is C42H44O5. The summed E-state index contributed by atoms with van der Waals surface area (Å²) in [4.78, 5) is 0. The Balaban J connectivity index is 1.36. The molecule has 0 atom stereocenters. The fraction of sp³-hybridized carbons (Fsp3) is 0.286. The largest absolute Gasteiger partial charge is 0.508 e. The Labute approximate surface area is 277 Å². The van der Waals surface area contributed by atoms with Gasteiger partial charge in [-0.05, 0) is 112 Å². The van der Waals surface area contributed by atoms with Crippen molar-refractivity contribution in [2.75, 3.05) is 0 Å². The maximum Gasteiger partial charge on any atom is 0.122 e. The van der Waals surface area contributed by atoms with E-state index in [2.05, 4.69) is 12.1 Å². The van der Waals surface area contributed by atoms with Crippen LogP contribution in [0.15, 0.2) is 84.9 Å². The molecule has 5 nitrogen and oxygen atoms in total. The van der Waals surface area contributed by atoms with Crippen molar-refractivity contribution in [2.24, 2.45) is 0 Å². The smallest absolute Gasteiger partial charge is 0.122 e. The predicted octanol–water partition coefficient (Wildman–Crippen LogP) is 9.24. The van der Waals surface area contributed by atoms with E-state index in [1.54, 1.807) is 24.3 Å².